The molecule has 118 valence electrons. The fourth-order valence-corrected chi connectivity index (χ4v) is 3.21. The number of nitrogens with one attached hydrogen (secondary N) is 1. The predicted molar refractivity (Wildman–Crippen MR) is 88.1 cm³/mol. The van der Waals surface area contributed by atoms with Crippen molar-refractivity contribution in [2.45, 2.75) is 32.1 Å². The van der Waals surface area contributed by atoms with E-state index in [0.717, 1.165) is 29.2 Å². The topological polar surface area (TPSA) is 26.7 Å². The summed E-state index contributed by atoms with van der Waals surface area (Å²) >= 11 is 5.53. The smallest absolute Gasteiger partial charge is 0.207 e. The standard InChI is InChI=1S/C17H17FN4S/c18-14-6-4-13(5-7-14)11-20(15-8-9-15)12-22-17(23)21-10-2-1-3-16(21)19-22/h1-7,10,15H,8-9,11-12H2/p+1. The molecule has 2 heterocycles. The lowest BCUT2D eigenvalue weighted by Gasteiger charge is -2.18. The number of benzene rings is 1. The van der Waals surface area contributed by atoms with E-state index < -0.39 is 0 Å². The van der Waals surface area contributed by atoms with Crippen LogP contribution >= 0.6 is 12.2 Å². The minimum Gasteiger partial charge on any atom is -0.310 e. The molecular weight excluding hydrogens is 311 g/mol. The third-order valence-corrected chi connectivity index (χ3v) is 4.75. The van der Waals surface area contributed by atoms with Gasteiger partial charge in [-0.2, -0.15) is 4.68 Å². The summed E-state index contributed by atoms with van der Waals surface area (Å²) in [6, 6.07) is 13.3. The van der Waals surface area contributed by atoms with E-state index in [4.69, 9.17) is 12.2 Å². The number of nitrogens with zero attached hydrogens (tertiary/aromatic N) is 3. The van der Waals surface area contributed by atoms with Gasteiger partial charge in [0, 0.05) is 24.6 Å². The average Bonchev–Trinajstić information content (AvgIpc) is 3.36. The fraction of sp³-hybridized carbons (Fsp3) is 0.294. The maximum Gasteiger partial charge on any atom is 0.207 e. The molecule has 0 amide bonds. The van der Waals surface area contributed by atoms with Gasteiger partial charge in [0.1, 0.15) is 12.4 Å². The van der Waals surface area contributed by atoms with Crippen LogP contribution in [0, 0.1) is 10.6 Å². The number of aromatic nitrogens is 3. The van der Waals surface area contributed by atoms with Gasteiger partial charge in [-0.15, -0.1) is 5.10 Å². The van der Waals surface area contributed by atoms with E-state index in [0.29, 0.717) is 6.04 Å². The molecule has 4 nitrogen and oxygen atoms in total. The highest BCUT2D eigenvalue weighted by molar-refractivity contribution is 7.71. The van der Waals surface area contributed by atoms with Gasteiger partial charge >= 0.3 is 0 Å². The number of hydrogen-bond acceptors (Lipinski definition) is 2. The first-order valence-electron chi connectivity index (χ1n) is 7.84. The fourth-order valence-electron chi connectivity index (χ4n) is 2.95. The van der Waals surface area contributed by atoms with Crippen molar-refractivity contribution in [2.75, 3.05) is 0 Å². The van der Waals surface area contributed by atoms with Crippen molar-refractivity contribution in [2.24, 2.45) is 0 Å². The third kappa shape index (κ3) is 3.04. The van der Waals surface area contributed by atoms with E-state index in [1.54, 1.807) is 0 Å². The summed E-state index contributed by atoms with van der Waals surface area (Å²) in [5, 5.41) is 4.61. The summed E-state index contributed by atoms with van der Waals surface area (Å²) < 4.78 is 17.6. The highest BCUT2D eigenvalue weighted by Gasteiger charge is 2.33. The van der Waals surface area contributed by atoms with Gasteiger partial charge in [0.05, 0.1) is 6.04 Å². The first kappa shape index (κ1) is 14.5. The molecule has 1 aromatic carbocycles. The Kier molecular flexibility index (Phi) is 3.71. The second-order valence-corrected chi connectivity index (χ2v) is 6.47. The number of fused-ring (bicyclic) bond motifs is 1. The monoisotopic (exact) mass is 329 g/mol. The Morgan fingerprint density at radius 2 is 1.96 bits per heavy atom. The number of pyridine rings is 1. The molecule has 2 aromatic heterocycles. The van der Waals surface area contributed by atoms with Crippen LogP contribution in [0.25, 0.3) is 5.65 Å². The predicted octanol–water partition coefficient (Wildman–Crippen LogP) is 2.21. The molecule has 0 spiro atoms. The van der Waals surface area contributed by atoms with Gasteiger partial charge in [-0.05, 0) is 36.5 Å². The molecule has 1 unspecified atom stereocenters. The van der Waals surface area contributed by atoms with Crippen molar-refractivity contribution in [3.05, 3.63) is 64.8 Å². The van der Waals surface area contributed by atoms with Crippen molar-refractivity contribution >= 4 is 17.9 Å². The van der Waals surface area contributed by atoms with Gasteiger partial charge in [-0.3, -0.25) is 4.40 Å². The summed E-state index contributed by atoms with van der Waals surface area (Å²) in [7, 11) is 0. The quantitative estimate of drug-likeness (QED) is 0.727. The summed E-state index contributed by atoms with van der Waals surface area (Å²) in [4.78, 5) is 1.43. The Labute approximate surface area is 138 Å². The third-order valence-electron chi connectivity index (χ3n) is 4.34. The van der Waals surface area contributed by atoms with Crippen molar-refractivity contribution < 1.29 is 9.29 Å². The van der Waals surface area contributed by atoms with E-state index in [1.807, 2.05) is 45.6 Å². The summed E-state index contributed by atoms with van der Waals surface area (Å²) in [6.45, 7) is 1.60. The molecule has 0 bridgehead atoms. The van der Waals surface area contributed by atoms with Crippen molar-refractivity contribution in [3.63, 3.8) is 0 Å². The van der Waals surface area contributed by atoms with Gasteiger partial charge in [0.2, 0.25) is 4.77 Å². The Balaban J connectivity index is 1.59. The first-order chi connectivity index (χ1) is 11.2. The van der Waals surface area contributed by atoms with Gasteiger partial charge in [0.15, 0.2) is 12.3 Å². The Morgan fingerprint density at radius 3 is 2.65 bits per heavy atom. The molecule has 0 aliphatic heterocycles. The van der Waals surface area contributed by atoms with Crippen molar-refractivity contribution in [3.8, 4) is 0 Å². The second kappa shape index (κ2) is 5.86. The highest BCUT2D eigenvalue weighted by atomic mass is 32.1. The Morgan fingerprint density at radius 1 is 1.17 bits per heavy atom. The molecule has 1 aliphatic carbocycles. The lowest BCUT2D eigenvalue weighted by atomic mass is 10.2. The van der Waals surface area contributed by atoms with Gasteiger partial charge in [-0.25, -0.2) is 4.39 Å². The normalized spacial score (nSPS) is 15.9. The number of hydrogen-bond donors (Lipinski definition) is 1. The number of halogens is 1. The molecule has 4 rings (SSSR count). The Hall–Kier alpha value is -2.05. The van der Waals surface area contributed by atoms with Crippen LogP contribution in [0.1, 0.15) is 18.4 Å². The van der Waals surface area contributed by atoms with Gasteiger partial charge in [-0.1, -0.05) is 18.2 Å². The lowest BCUT2D eigenvalue weighted by molar-refractivity contribution is -0.947. The number of quaternary nitrogens is 1. The van der Waals surface area contributed by atoms with Crippen LogP contribution in [0.15, 0.2) is 48.7 Å². The zero-order valence-corrected chi connectivity index (χ0v) is 13.5. The van der Waals surface area contributed by atoms with E-state index in [9.17, 15) is 4.39 Å². The zero-order chi connectivity index (χ0) is 15.8. The van der Waals surface area contributed by atoms with Crippen molar-refractivity contribution in [1.82, 2.24) is 14.2 Å². The van der Waals surface area contributed by atoms with E-state index >= 15 is 0 Å². The van der Waals surface area contributed by atoms with Gasteiger partial charge in [0.25, 0.3) is 0 Å². The largest absolute Gasteiger partial charge is 0.310 e. The molecule has 23 heavy (non-hydrogen) atoms. The summed E-state index contributed by atoms with van der Waals surface area (Å²) in [5.41, 5.74) is 2.01. The second-order valence-electron chi connectivity index (χ2n) is 6.10. The maximum atomic E-state index is 13.1. The molecule has 0 radical (unpaired) electrons. The molecule has 1 atom stereocenters. The van der Waals surface area contributed by atoms with Crippen LogP contribution in [0.3, 0.4) is 0 Å². The number of rotatable bonds is 5. The molecule has 6 heteroatoms. The summed E-state index contributed by atoms with van der Waals surface area (Å²) in [5.74, 6) is -0.190. The van der Waals surface area contributed by atoms with E-state index in [2.05, 4.69) is 5.10 Å². The summed E-state index contributed by atoms with van der Waals surface area (Å²) in [6.07, 6.45) is 4.41. The minimum absolute atomic E-state index is 0.190. The minimum atomic E-state index is -0.190. The van der Waals surface area contributed by atoms with Crippen LogP contribution in [-0.4, -0.2) is 20.2 Å². The van der Waals surface area contributed by atoms with Crippen LogP contribution in [0.5, 0.6) is 0 Å². The molecule has 1 fully saturated rings. The molecule has 1 saturated carbocycles. The molecule has 1 N–H and O–H groups in total. The van der Waals surface area contributed by atoms with Crippen LogP contribution in [-0.2, 0) is 13.2 Å². The highest BCUT2D eigenvalue weighted by Crippen LogP contribution is 2.16. The van der Waals surface area contributed by atoms with E-state index in [-0.39, 0.29) is 5.82 Å². The van der Waals surface area contributed by atoms with Gasteiger partial charge < -0.3 is 4.90 Å². The van der Waals surface area contributed by atoms with Crippen LogP contribution in [0.2, 0.25) is 0 Å². The zero-order valence-electron chi connectivity index (χ0n) is 12.7. The molecule has 1 aliphatic rings. The van der Waals surface area contributed by atoms with Crippen molar-refractivity contribution in [1.29, 1.82) is 0 Å². The average molecular weight is 329 g/mol. The van der Waals surface area contributed by atoms with Crippen LogP contribution < -0.4 is 4.90 Å². The first-order valence-corrected chi connectivity index (χ1v) is 8.25. The van der Waals surface area contributed by atoms with Crippen LogP contribution in [0.4, 0.5) is 4.39 Å². The molecular formula is C17H18FN4S+. The van der Waals surface area contributed by atoms with E-state index in [1.165, 1.54) is 29.9 Å². The lowest BCUT2D eigenvalue weighted by Crippen LogP contribution is -3.11. The Bertz CT molecular complexity index is 879. The SMILES string of the molecule is Fc1ccc(C[NH+](Cn2nc3ccccn3c2=S)C2CC2)cc1. The molecule has 0 saturated heterocycles. The molecule has 3 aromatic rings. The maximum absolute atomic E-state index is 13.1.